The lowest BCUT2D eigenvalue weighted by molar-refractivity contribution is 0.626. The van der Waals surface area contributed by atoms with Gasteiger partial charge in [-0.15, -0.1) is 11.3 Å². The number of hydrogen-bond donors (Lipinski definition) is 1. The van der Waals surface area contributed by atoms with Gasteiger partial charge in [-0.2, -0.15) is 0 Å². The largest absolute Gasteiger partial charge is 0.375 e. The molecule has 0 amide bonds. The highest BCUT2D eigenvalue weighted by molar-refractivity contribution is 7.15. The Balaban J connectivity index is 2.16. The highest BCUT2D eigenvalue weighted by Crippen LogP contribution is 2.21. The Labute approximate surface area is 104 Å². The highest BCUT2D eigenvalue weighted by Gasteiger charge is 2.08. The fourth-order valence-corrected chi connectivity index (χ4v) is 2.34. The Morgan fingerprint density at radius 1 is 1.47 bits per heavy atom. The van der Waals surface area contributed by atoms with Crippen LogP contribution in [0.3, 0.4) is 0 Å². The molecule has 1 aromatic carbocycles. The summed E-state index contributed by atoms with van der Waals surface area (Å²) in [4.78, 5) is 7.17. The molecule has 0 aliphatic carbocycles. The average Bonchev–Trinajstić information content (AvgIpc) is 2.72. The molecule has 5 heteroatoms. The van der Waals surface area contributed by atoms with Crippen molar-refractivity contribution in [2.45, 2.75) is 13.5 Å². The van der Waals surface area contributed by atoms with Crippen LogP contribution in [-0.4, -0.2) is 11.5 Å². The lowest BCUT2D eigenvalue weighted by Gasteiger charge is -2.22. The van der Waals surface area contributed by atoms with Crippen LogP contribution in [0.2, 0.25) is 0 Å². The Morgan fingerprint density at radius 3 is 2.88 bits per heavy atom. The van der Waals surface area contributed by atoms with E-state index in [1.54, 1.807) is 12.3 Å². The number of nitrogens with zero attached hydrogens (tertiary/aromatic N) is 2. The molecule has 90 valence electrons. The minimum absolute atomic E-state index is 0.218. The van der Waals surface area contributed by atoms with Gasteiger partial charge in [0.15, 0.2) is 5.13 Å². The number of anilines is 2. The first-order valence-electron chi connectivity index (χ1n) is 5.39. The molecule has 1 heterocycles. The third kappa shape index (κ3) is 2.94. The normalized spacial score (nSPS) is 10.5. The van der Waals surface area contributed by atoms with Gasteiger partial charge in [-0.05, 0) is 25.1 Å². The van der Waals surface area contributed by atoms with E-state index in [-0.39, 0.29) is 5.82 Å². The second-order valence-corrected chi connectivity index (χ2v) is 4.81. The maximum absolute atomic E-state index is 13.2. The van der Waals surface area contributed by atoms with Gasteiger partial charge in [-0.3, -0.25) is 0 Å². The Bertz CT molecular complexity index is 498. The van der Waals surface area contributed by atoms with E-state index in [4.69, 9.17) is 5.73 Å². The Kier molecular flexibility index (Phi) is 3.58. The van der Waals surface area contributed by atoms with Crippen LogP contribution < -0.4 is 10.6 Å². The number of benzene rings is 1. The van der Waals surface area contributed by atoms with Crippen molar-refractivity contribution in [3.8, 4) is 0 Å². The second-order valence-electron chi connectivity index (χ2n) is 3.66. The van der Waals surface area contributed by atoms with E-state index in [9.17, 15) is 4.39 Å². The van der Waals surface area contributed by atoms with E-state index in [1.807, 2.05) is 13.0 Å². The Hall–Kier alpha value is -1.62. The lowest BCUT2D eigenvalue weighted by atomic mass is 10.2. The number of halogens is 1. The van der Waals surface area contributed by atoms with Gasteiger partial charge in [0.05, 0.1) is 6.54 Å². The summed E-state index contributed by atoms with van der Waals surface area (Å²) in [5.74, 6) is -0.218. The second kappa shape index (κ2) is 5.14. The van der Waals surface area contributed by atoms with Crippen LogP contribution in [0.4, 0.5) is 15.2 Å². The zero-order valence-electron chi connectivity index (χ0n) is 9.56. The summed E-state index contributed by atoms with van der Waals surface area (Å²) >= 11 is 1.46. The van der Waals surface area contributed by atoms with Gasteiger partial charge in [-0.25, -0.2) is 9.37 Å². The monoisotopic (exact) mass is 251 g/mol. The van der Waals surface area contributed by atoms with Crippen LogP contribution in [-0.2, 0) is 6.54 Å². The molecule has 3 nitrogen and oxygen atoms in total. The first kappa shape index (κ1) is 11.9. The maximum atomic E-state index is 13.2. The SMILES string of the molecule is CCN(Cc1cnc(N)s1)c1cccc(F)c1. The number of rotatable bonds is 4. The van der Waals surface area contributed by atoms with Crippen LogP contribution >= 0.6 is 11.3 Å². The fraction of sp³-hybridized carbons (Fsp3) is 0.250. The molecule has 2 aromatic rings. The van der Waals surface area contributed by atoms with E-state index in [2.05, 4.69) is 9.88 Å². The molecule has 2 rings (SSSR count). The van der Waals surface area contributed by atoms with Gasteiger partial charge in [0, 0.05) is 23.3 Å². The molecule has 0 atom stereocenters. The van der Waals surface area contributed by atoms with Crippen molar-refractivity contribution in [2.75, 3.05) is 17.2 Å². The molecule has 1 aromatic heterocycles. The van der Waals surface area contributed by atoms with E-state index >= 15 is 0 Å². The smallest absolute Gasteiger partial charge is 0.180 e. The third-order valence-electron chi connectivity index (χ3n) is 2.47. The molecule has 2 N–H and O–H groups in total. The van der Waals surface area contributed by atoms with Crippen molar-refractivity contribution in [1.29, 1.82) is 0 Å². The zero-order valence-corrected chi connectivity index (χ0v) is 10.4. The Morgan fingerprint density at radius 2 is 2.29 bits per heavy atom. The van der Waals surface area contributed by atoms with Crippen LogP contribution in [0.1, 0.15) is 11.8 Å². The molecule has 0 spiro atoms. The molecule has 0 aliphatic heterocycles. The maximum Gasteiger partial charge on any atom is 0.180 e. The molecule has 0 unspecified atom stereocenters. The van der Waals surface area contributed by atoms with Crippen molar-refractivity contribution in [1.82, 2.24) is 4.98 Å². The summed E-state index contributed by atoms with van der Waals surface area (Å²) in [6.07, 6.45) is 1.77. The highest BCUT2D eigenvalue weighted by atomic mass is 32.1. The van der Waals surface area contributed by atoms with E-state index in [0.29, 0.717) is 11.7 Å². The van der Waals surface area contributed by atoms with Gasteiger partial charge in [-0.1, -0.05) is 6.07 Å². The van der Waals surface area contributed by atoms with Gasteiger partial charge in [0.1, 0.15) is 5.82 Å². The quantitative estimate of drug-likeness (QED) is 0.908. The first-order valence-corrected chi connectivity index (χ1v) is 6.21. The van der Waals surface area contributed by atoms with Crippen LogP contribution in [0.15, 0.2) is 30.5 Å². The summed E-state index contributed by atoms with van der Waals surface area (Å²) in [7, 11) is 0. The van der Waals surface area contributed by atoms with Gasteiger partial charge in [0.2, 0.25) is 0 Å². The van der Waals surface area contributed by atoms with Crippen LogP contribution in [0.5, 0.6) is 0 Å². The summed E-state index contributed by atoms with van der Waals surface area (Å²) in [6.45, 7) is 3.55. The predicted octanol–water partition coefficient (Wildman–Crippen LogP) is 2.89. The van der Waals surface area contributed by atoms with Crippen molar-refractivity contribution >= 4 is 22.2 Å². The molecule has 17 heavy (non-hydrogen) atoms. The van der Waals surface area contributed by atoms with Crippen molar-refractivity contribution in [2.24, 2.45) is 0 Å². The minimum atomic E-state index is -0.218. The average molecular weight is 251 g/mol. The number of nitrogens with two attached hydrogens (primary N) is 1. The molecule has 0 bridgehead atoms. The molecular formula is C12H14FN3S. The minimum Gasteiger partial charge on any atom is -0.375 e. The topological polar surface area (TPSA) is 42.2 Å². The summed E-state index contributed by atoms with van der Waals surface area (Å²) in [5.41, 5.74) is 6.46. The first-order chi connectivity index (χ1) is 8.19. The van der Waals surface area contributed by atoms with Crippen molar-refractivity contribution in [3.63, 3.8) is 0 Å². The molecular weight excluding hydrogens is 237 g/mol. The van der Waals surface area contributed by atoms with Crippen molar-refractivity contribution in [3.05, 3.63) is 41.2 Å². The molecule has 0 saturated heterocycles. The lowest BCUT2D eigenvalue weighted by Crippen LogP contribution is -2.21. The van der Waals surface area contributed by atoms with E-state index in [0.717, 1.165) is 17.1 Å². The molecule has 0 radical (unpaired) electrons. The fourth-order valence-electron chi connectivity index (χ4n) is 1.64. The van der Waals surface area contributed by atoms with Gasteiger partial charge >= 0.3 is 0 Å². The molecule has 0 aliphatic rings. The summed E-state index contributed by atoms with van der Waals surface area (Å²) < 4.78 is 13.2. The number of hydrogen-bond acceptors (Lipinski definition) is 4. The van der Waals surface area contributed by atoms with E-state index < -0.39 is 0 Å². The predicted molar refractivity (Wildman–Crippen MR) is 69.7 cm³/mol. The number of nitrogen functional groups attached to an aromatic ring is 1. The summed E-state index contributed by atoms with van der Waals surface area (Å²) in [6, 6.07) is 6.60. The van der Waals surface area contributed by atoms with Crippen LogP contribution in [0.25, 0.3) is 0 Å². The number of thiazole rings is 1. The number of aromatic nitrogens is 1. The standard InChI is InChI=1S/C12H14FN3S/c1-2-16(8-11-7-15-12(14)17-11)10-5-3-4-9(13)6-10/h3-7H,2,8H2,1H3,(H2,14,15). The van der Waals surface area contributed by atoms with Gasteiger partial charge < -0.3 is 10.6 Å². The van der Waals surface area contributed by atoms with Gasteiger partial charge in [0.25, 0.3) is 0 Å². The molecule has 0 fully saturated rings. The summed E-state index contributed by atoms with van der Waals surface area (Å²) in [5, 5.41) is 0.565. The zero-order chi connectivity index (χ0) is 12.3. The van der Waals surface area contributed by atoms with E-state index in [1.165, 1.54) is 23.5 Å². The molecule has 0 saturated carbocycles. The van der Waals surface area contributed by atoms with Crippen molar-refractivity contribution < 1.29 is 4.39 Å². The third-order valence-corrected chi connectivity index (χ3v) is 3.28. The van der Waals surface area contributed by atoms with Crippen LogP contribution in [0, 0.1) is 5.82 Å².